The Morgan fingerprint density at radius 2 is 1.75 bits per heavy atom. The molecule has 1 N–H and O–H groups in total. The second-order valence-electron chi connectivity index (χ2n) is 6.63. The van der Waals surface area contributed by atoms with Crippen LogP contribution < -0.4 is 10.2 Å². The summed E-state index contributed by atoms with van der Waals surface area (Å²) in [6, 6.07) is 8.46. The lowest BCUT2D eigenvalue weighted by atomic mass is 10.2. The van der Waals surface area contributed by atoms with Crippen LogP contribution in [0.2, 0.25) is 0 Å². The minimum Gasteiger partial charge on any atom is -0.369 e. The average Bonchev–Trinajstić information content (AvgIpc) is 3.27. The highest BCUT2D eigenvalue weighted by Gasteiger charge is 2.14. The standard InChI is InChI=1S/C19H23N7.C2H6.H2/c1-15-13-21-19(23-18(15)26-8-7-20-14-26)22-16-3-5-17(6-4-16)25-11-9-24(2)10-12-25;1-2;/h3-8,13-14H,9-12H2,1-2H3,(H,21,22,23);1-2H3;1H. The highest BCUT2D eigenvalue weighted by molar-refractivity contribution is 5.60. The van der Waals surface area contributed by atoms with Crippen LogP contribution in [0, 0.1) is 6.92 Å². The summed E-state index contributed by atoms with van der Waals surface area (Å²) in [5, 5.41) is 3.29. The highest BCUT2D eigenvalue weighted by Crippen LogP contribution is 2.21. The number of benzene rings is 1. The van der Waals surface area contributed by atoms with Gasteiger partial charge >= 0.3 is 0 Å². The van der Waals surface area contributed by atoms with Crippen LogP contribution >= 0.6 is 0 Å². The lowest BCUT2D eigenvalue weighted by Crippen LogP contribution is -2.44. The quantitative estimate of drug-likeness (QED) is 0.743. The molecule has 4 rings (SSSR count). The van der Waals surface area contributed by atoms with Crippen LogP contribution in [0.15, 0.2) is 49.2 Å². The largest absolute Gasteiger partial charge is 0.369 e. The Bertz CT molecular complexity index is 857. The Morgan fingerprint density at radius 3 is 2.39 bits per heavy atom. The van der Waals surface area contributed by atoms with Crippen LogP contribution in [0.4, 0.5) is 17.3 Å². The van der Waals surface area contributed by atoms with Crippen molar-refractivity contribution in [2.24, 2.45) is 0 Å². The molecule has 1 fully saturated rings. The normalized spacial score (nSPS) is 14.4. The molecule has 0 bridgehead atoms. The van der Waals surface area contributed by atoms with E-state index in [9.17, 15) is 0 Å². The summed E-state index contributed by atoms with van der Waals surface area (Å²) >= 11 is 0. The number of likely N-dealkylation sites (N-methyl/N-ethyl adjacent to an activating group) is 1. The van der Waals surface area contributed by atoms with Crippen molar-refractivity contribution < 1.29 is 1.43 Å². The number of nitrogens with one attached hydrogen (secondary N) is 1. The monoisotopic (exact) mass is 381 g/mol. The van der Waals surface area contributed by atoms with Crippen molar-refractivity contribution in [2.45, 2.75) is 20.8 Å². The van der Waals surface area contributed by atoms with Gasteiger partial charge in [0.1, 0.15) is 12.1 Å². The number of anilines is 3. The maximum atomic E-state index is 4.62. The van der Waals surface area contributed by atoms with Crippen LogP contribution in [-0.4, -0.2) is 57.6 Å². The second-order valence-corrected chi connectivity index (χ2v) is 6.63. The fraction of sp³-hybridized carbons (Fsp3) is 0.381. The van der Waals surface area contributed by atoms with Gasteiger partial charge in [0.25, 0.3) is 0 Å². The molecule has 2 aromatic heterocycles. The van der Waals surface area contributed by atoms with E-state index in [1.54, 1.807) is 12.5 Å². The Balaban J connectivity index is 0.000000970. The van der Waals surface area contributed by atoms with E-state index in [1.807, 2.05) is 37.7 Å². The summed E-state index contributed by atoms with van der Waals surface area (Å²) in [4.78, 5) is 17.9. The van der Waals surface area contributed by atoms with Gasteiger partial charge in [-0.1, -0.05) is 13.8 Å². The highest BCUT2D eigenvalue weighted by atomic mass is 15.2. The molecule has 0 amide bonds. The van der Waals surface area contributed by atoms with Gasteiger partial charge in [-0.3, -0.25) is 4.57 Å². The summed E-state index contributed by atoms with van der Waals surface area (Å²) in [5.74, 6) is 1.40. The molecule has 0 atom stereocenters. The zero-order valence-electron chi connectivity index (χ0n) is 17.1. The molecule has 1 aliphatic heterocycles. The molecule has 3 heterocycles. The van der Waals surface area contributed by atoms with Crippen LogP contribution in [0.5, 0.6) is 0 Å². The third-order valence-corrected chi connectivity index (χ3v) is 4.69. The molecule has 0 unspecified atom stereocenters. The predicted molar refractivity (Wildman–Crippen MR) is 117 cm³/mol. The smallest absolute Gasteiger partial charge is 0.229 e. The van der Waals surface area contributed by atoms with Gasteiger partial charge in [0.05, 0.1) is 0 Å². The van der Waals surface area contributed by atoms with Crippen molar-refractivity contribution in [1.29, 1.82) is 0 Å². The van der Waals surface area contributed by atoms with E-state index >= 15 is 0 Å². The van der Waals surface area contributed by atoms with Gasteiger partial charge in [-0.05, 0) is 38.2 Å². The molecule has 0 aliphatic carbocycles. The van der Waals surface area contributed by atoms with Gasteiger partial charge in [0.15, 0.2) is 0 Å². The number of rotatable bonds is 4. The summed E-state index contributed by atoms with van der Waals surface area (Å²) in [6.45, 7) is 10.3. The lowest BCUT2D eigenvalue weighted by molar-refractivity contribution is 0.313. The van der Waals surface area contributed by atoms with Crippen molar-refractivity contribution in [1.82, 2.24) is 24.4 Å². The van der Waals surface area contributed by atoms with Gasteiger partial charge in [-0.2, -0.15) is 4.98 Å². The first kappa shape index (κ1) is 19.8. The van der Waals surface area contributed by atoms with Gasteiger partial charge < -0.3 is 15.1 Å². The van der Waals surface area contributed by atoms with Crippen LogP contribution in [0.3, 0.4) is 0 Å². The fourth-order valence-electron chi connectivity index (χ4n) is 3.09. The number of hydrogen-bond donors (Lipinski definition) is 1. The molecule has 7 heteroatoms. The zero-order valence-corrected chi connectivity index (χ0v) is 17.1. The van der Waals surface area contributed by atoms with E-state index in [0.29, 0.717) is 5.95 Å². The van der Waals surface area contributed by atoms with Gasteiger partial charge in [-0.15, -0.1) is 0 Å². The average molecular weight is 382 g/mol. The summed E-state index contributed by atoms with van der Waals surface area (Å²) < 4.78 is 1.89. The Morgan fingerprint density at radius 1 is 1.04 bits per heavy atom. The number of aromatic nitrogens is 4. The number of imidazole rings is 1. The number of nitrogens with zero attached hydrogens (tertiary/aromatic N) is 6. The summed E-state index contributed by atoms with van der Waals surface area (Å²) in [5.41, 5.74) is 3.23. The Labute approximate surface area is 168 Å². The van der Waals surface area contributed by atoms with E-state index in [-0.39, 0.29) is 1.43 Å². The number of hydrogen-bond acceptors (Lipinski definition) is 6. The Hall–Kier alpha value is -2.93. The molecule has 0 saturated carbocycles. The lowest BCUT2D eigenvalue weighted by Gasteiger charge is -2.34. The molecule has 7 nitrogen and oxygen atoms in total. The third-order valence-electron chi connectivity index (χ3n) is 4.69. The molecule has 0 radical (unpaired) electrons. The summed E-state index contributed by atoms with van der Waals surface area (Å²) in [7, 11) is 2.17. The van der Waals surface area contributed by atoms with E-state index in [1.165, 1.54) is 5.69 Å². The minimum absolute atomic E-state index is 0. The van der Waals surface area contributed by atoms with Crippen LogP contribution in [0.25, 0.3) is 5.82 Å². The fourth-order valence-corrected chi connectivity index (χ4v) is 3.09. The van der Waals surface area contributed by atoms with E-state index in [0.717, 1.165) is 43.2 Å². The topological polar surface area (TPSA) is 62.1 Å². The van der Waals surface area contributed by atoms with Gasteiger partial charge in [0.2, 0.25) is 5.95 Å². The molecule has 1 aliphatic rings. The van der Waals surface area contributed by atoms with E-state index < -0.39 is 0 Å². The first-order chi connectivity index (χ1) is 13.7. The first-order valence-corrected chi connectivity index (χ1v) is 9.81. The molecule has 1 saturated heterocycles. The minimum atomic E-state index is 0. The van der Waals surface area contributed by atoms with Crippen molar-refractivity contribution in [2.75, 3.05) is 43.4 Å². The predicted octanol–water partition coefficient (Wildman–Crippen LogP) is 3.74. The molecule has 28 heavy (non-hydrogen) atoms. The summed E-state index contributed by atoms with van der Waals surface area (Å²) in [6.07, 6.45) is 7.18. The van der Waals surface area contributed by atoms with Crippen molar-refractivity contribution in [3.63, 3.8) is 0 Å². The van der Waals surface area contributed by atoms with E-state index in [2.05, 4.69) is 61.4 Å². The van der Waals surface area contributed by atoms with Crippen molar-refractivity contribution >= 4 is 17.3 Å². The zero-order chi connectivity index (χ0) is 19.9. The van der Waals surface area contributed by atoms with Gasteiger partial charge in [0, 0.05) is 63.1 Å². The maximum Gasteiger partial charge on any atom is 0.229 e. The van der Waals surface area contributed by atoms with Crippen LogP contribution in [0.1, 0.15) is 20.8 Å². The van der Waals surface area contributed by atoms with E-state index in [4.69, 9.17) is 0 Å². The van der Waals surface area contributed by atoms with Crippen molar-refractivity contribution in [3.8, 4) is 5.82 Å². The molecular formula is C21H31N7. The first-order valence-electron chi connectivity index (χ1n) is 9.81. The van der Waals surface area contributed by atoms with Crippen LogP contribution in [-0.2, 0) is 0 Å². The molecule has 1 aromatic carbocycles. The molecule has 0 spiro atoms. The molecular weight excluding hydrogens is 350 g/mol. The molecule has 150 valence electrons. The third kappa shape index (κ3) is 4.67. The number of aryl methyl sites for hydroxylation is 1. The van der Waals surface area contributed by atoms with Crippen molar-refractivity contribution in [3.05, 3.63) is 54.7 Å². The second kappa shape index (κ2) is 9.32. The maximum absolute atomic E-state index is 4.62. The SMILES string of the molecule is CC.Cc1cnc(Nc2ccc(N3CCN(C)CC3)cc2)nc1-n1ccnc1.[HH]. The van der Waals surface area contributed by atoms with Gasteiger partial charge in [-0.25, -0.2) is 9.97 Å². The Kier molecular flexibility index (Phi) is 6.60. The number of piperazine rings is 1. The molecule has 3 aromatic rings.